The van der Waals surface area contributed by atoms with Gasteiger partial charge in [-0.25, -0.2) is 4.39 Å². The maximum atomic E-state index is 13.6. The van der Waals surface area contributed by atoms with Crippen LogP contribution in [0.25, 0.3) is 0 Å². The van der Waals surface area contributed by atoms with Crippen LogP contribution in [0.3, 0.4) is 0 Å². The summed E-state index contributed by atoms with van der Waals surface area (Å²) in [6.07, 6.45) is -0.0738. The quantitative estimate of drug-likeness (QED) is 0.868. The SMILES string of the molecule is CC(=O)Nc1cccc(NC(=O)Cc2cc(Br)ccc2F)c1. The van der Waals surface area contributed by atoms with Crippen LogP contribution in [0.15, 0.2) is 46.9 Å². The molecule has 22 heavy (non-hydrogen) atoms. The highest BCUT2D eigenvalue weighted by molar-refractivity contribution is 9.10. The second kappa shape index (κ2) is 7.17. The van der Waals surface area contributed by atoms with Crippen molar-refractivity contribution < 1.29 is 14.0 Å². The Morgan fingerprint density at radius 2 is 1.77 bits per heavy atom. The van der Waals surface area contributed by atoms with Gasteiger partial charge in [0.15, 0.2) is 0 Å². The molecule has 2 rings (SSSR count). The summed E-state index contributed by atoms with van der Waals surface area (Å²) in [5.41, 5.74) is 1.43. The minimum Gasteiger partial charge on any atom is -0.326 e. The molecule has 0 aliphatic carbocycles. The van der Waals surface area contributed by atoms with E-state index >= 15 is 0 Å². The molecule has 2 amide bonds. The van der Waals surface area contributed by atoms with Gasteiger partial charge in [-0.1, -0.05) is 22.0 Å². The predicted octanol–water partition coefficient (Wildman–Crippen LogP) is 3.73. The molecule has 0 heterocycles. The number of rotatable bonds is 4. The third kappa shape index (κ3) is 4.66. The van der Waals surface area contributed by atoms with Gasteiger partial charge in [0.25, 0.3) is 0 Å². The van der Waals surface area contributed by atoms with Crippen molar-refractivity contribution in [3.05, 3.63) is 58.3 Å². The van der Waals surface area contributed by atoms with E-state index in [1.165, 1.54) is 13.0 Å². The largest absolute Gasteiger partial charge is 0.326 e. The Labute approximate surface area is 135 Å². The number of anilines is 2. The zero-order valence-corrected chi connectivity index (χ0v) is 13.4. The van der Waals surface area contributed by atoms with Gasteiger partial charge in [0.05, 0.1) is 6.42 Å². The van der Waals surface area contributed by atoms with Crippen molar-refractivity contribution >= 4 is 39.1 Å². The molecule has 0 spiro atoms. The molecule has 0 saturated heterocycles. The highest BCUT2D eigenvalue weighted by atomic mass is 79.9. The number of benzene rings is 2. The molecule has 4 nitrogen and oxygen atoms in total. The summed E-state index contributed by atoms with van der Waals surface area (Å²) in [5, 5.41) is 5.31. The number of amides is 2. The fourth-order valence-electron chi connectivity index (χ4n) is 1.93. The Morgan fingerprint density at radius 3 is 2.45 bits per heavy atom. The Morgan fingerprint density at radius 1 is 1.09 bits per heavy atom. The Hall–Kier alpha value is -2.21. The molecule has 2 N–H and O–H groups in total. The summed E-state index contributed by atoms with van der Waals surface area (Å²) in [6, 6.07) is 11.2. The molecule has 0 aliphatic rings. The maximum absolute atomic E-state index is 13.6. The highest BCUT2D eigenvalue weighted by Gasteiger charge is 2.09. The van der Waals surface area contributed by atoms with E-state index in [-0.39, 0.29) is 18.2 Å². The third-order valence-electron chi connectivity index (χ3n) is 2.83. The molecule has 0 bridgehead atoms. The van der Waals surface area contributed by atoms with Gasteiger partial charge >= 0.3 is 0 Å². The van der Waals surface area contributed by atoms with E-state index in [0.29, 0.717) is 21.4 Å². The molecule has 0 atom stereocenters. The number of halogens is 2. The first-order valence-electron chi connectivity index (χ1n) is 6.55. The van der Waals surface area contributed by atoms with E-state index in [1.807, 2.05) is 0 Å². The Kier molecular flexibility index (Phi) is 5.27. The van der Waals surface area contributed by atoms with Gasteiger partial charge in [0.2, 0.25) is 11.8 Å². The highest BCUT2D eigenvalue weighted by Crippen LogP contribution is 2.18. The lowest BCUT2D eigenvalue weighted by atomic mass is 10.1. The van der Waals surface area contributed by atoms with Crippen molar-refractivity contribution in [3.8, 4) is 0 Å². The smallest absolute Gasteiger partial charge is 0.228 e. The molecule has 0 aliphatic heterocycles. The van der Waals surface area contributed by atoms with Gasteiger partial charge in [-0.15, -0.1) is 0 Å². The molecular formula is C16H14BrFN2O2. The van der Waals surface area contributed by atoms with E-state index in [0.717, 1.165) is 0 Å². The summed E-state index contributed by atoms with van der Waals surface area (Å²) in [5.74, 6) is -0.956. The Bertz CT molecular complexity index is 719. The monoisotopic (exact) mass is 364 g/mol. The van der Waals surface area contributed by atoms with E-state index in [4.69, 9.17) is 0 Å². The van der Waals surface area contributed by atoms with Crippen LogP contribution in [0, 0.1) is 5.82 Å². The second-order valence-electron chi connectivity index (χ2n) is 4.72. The first kappa shape index (κ1) is 16.2. The van der Waals surface area contributed by atoms with Crippen LogP contribution < -0.4 is 10.6 Å². The van der Waals surface area contributed by atoms with Gasteiger partial charge in [-0.2, -0.15) is 0 Å². The van der Waals surface area contributed by atoms with Crippen LogP contribution in [0.5, 0.6) is 0 Å². The van der Waals surface area contributed by atoms with E-state index < -0.39 is 5.82 Å². The topological polar surface area (TPSA) is 58.2 Å². The minimum absolute atomic E-state index is 0.0738. The average Bonchev–Trinajstić information content (AvgIpc) is 2.42. The van der Waals surface area contributed by atoms with Gasteiger partial charge in [-0.3, -0.25) is 9.59 Å². The molecular weight excluding hydrogens is 351 g/mol. The van der Waals surface area contributed by atoms with Crippen molar-refractivity contribution in [1.82, 2.24) is 0 Å². The molecule has 2 aromatic carbocycles. The first-order valence-corrected chi connectivity index (χ1v) is 7.35. The molecule has 0 unspecified atom stereocenters. The van der Waals surface area contributed by atoms with Crippen molar-refractivity contribution in [2.45, 2.75) is 13.3 Å². The first-order chi connectivity index (χ1) is 10.4. The maximum Gasteiger partial charge on any atom is 0.228 e. The zero-order valence-electron chi connectivity index (χ0n) is 11.8. The average molecular weight is 365 g/mol. The van der Waals surface area contributed by atoms with E-state index in [2.05, 4.69) is 26.6 Å². The standard InChI is InChI=1S/C16H14BrFN2O2/c1-10(21)19-13-3-2-4-14(9-13)20-16(22)8-11-7-12(17)5-6-15(11)18/h2-7,9H,8H2,1H3,(H,19,21)(H,20,22). The van der Waals surface area contributed by atoms with Crippen LogP contribution in [0.4, 0.5) is 15.8 Å². The predicted molar refractivity (Wildman–Crippen MR) is 87.2 cm³/mol. The van der Waals surface area contributed by atoms with Crippen LogP contribution in [-0.4, -0.2) is 11.8 Å². The number of hydrogen-bond donors (Lipinski definition) is 2. The summed E-state index contributed by atoms with van der Waals surface area (Å²) in [7, 11) is 0. The van der Waals surface area contributed by atoms with Crippen LogP contribution in [0.2, 0.25) is 0 Å². The van der Waals surface area contributed by atoms with Crippen molar-refractivity contribution in [2.24, 2.45) is 0 Å². The van der Waals surface area contributed by atoms with Crippen LogP contribution in [0.1, 0.15) is 12.5 Å². The van der Waals surface area contributed by atoms with Gasteiger partial charge < -0.3 is 10.6 Å². The van der Waals surface area contributed by atoms with E-state index in [9.17, 15) is 14.0 Å². The molecule has 0 saturated carbocycles. The lowest BCUT2D eigenvalue weighted by Gasteiger charge is -2.08. The van der Waals surface area contributed by atoms with E-state index in [1.54, 1.807) is 36.4 Å². The summed E-state index contributed by atoms with van der Waals surface area (Å²) in [6.45, 7) is 1.40. The van der Waals surface area contributed by atoms with Gasteiger partial charge in [0.1, 0.15) is 5.82 Å². The summed E-state index contributed by atoms with van der Waals surface area (Å²) in [4.78, 5) is 23.0. The van der Waals surface area contributed by atoms with Crippen LogP contribution >= 0.6 is 15.9 Å². The fourth-order valence-corrected chi connectivity index (χ4v) is 2.34. The van der Waals surface area contributed by atoms with Crippen molar-refractivity contribution in [2.75, 3.05) is 10.6 Å². The number of nitrogens with one attached hydrogen (secondary N) is 2. The molecule has 0 fully saturated rings. The molecule has 6 heteroatoms. The number of carbonyl (C=O) groups is 2. The number of hydrogen-bond acceptors (Lipinski definition) is 2. The lowest BCUT2D eigenvalue weighted by Crippen LogP contribution is -2.15. The fraction of sp³-hybridized carbons (Fsp3) is 0.125. The third-order valence-corrected chi connectivity index (χ3v) is 3.32. The molecule has 2 aromatic rings. The minimum atomic E-state index is -0.426. The van der Waals surface area contributed by atoms with Crippen molar-refractivity contribution in [1.29, 1.82) is 0 Å². The van der Waals surface area contributed by atoms with Crippen LogP contribution in [-0.2, 0) is 16.0 Å². The normalized spacial score (nSPS) is 10.1. The van der Waals surface area contributed by atoms with Gasteiger partial charge in [-0.05, 0) is 42.0 Å². The summed E-state index contributed by atoms with van der Waals surface area (Å²) < 4.78 is 14.3. The molecule has 0 radical (unpaired) electrons. The van der Waals surface area contributed by atoms with Crippen molar-refractivity contribution in [3.63, 3.8) is 0 Å². The zero-order chi connectivity index (χ0) is 16.1. The lowest BCUT2D eigenvalue weighted by molar-refractivity contribution is -0.116. The second-order valence-corrected chi connectivity index (χ2v) is 5.64. The van der Waals surface area contributed by atoms with Gasteiger partial charge in [0, 0.05) is 22.8 Å². The Balaban J connectivity index is 2.05. The summed E-state index contributed by atoms with van der Waals surface area (Å²) >= 11 is 3.25. The molecule has 114 valence electrons. The number of carbonyl (C=O) groups excluding carboxylic acids is 2. The molecule has 0 aromatic heterocycles.